The molecule has 41 heavy (non-hydrogen) atoms. The minimum absolute atomic E-state index is 0.00825. The molecule has 9 heteroatoms. The maximum Gasteiger partial charge on any atom is 0.263 e. The van der Waals surface area contributed by atoms with Crippen LogP contribution in [0.3, 0.4) is 0 Å². The van der Waals surface area contributed by atoms with E-state index in [9.17, 15) is 9.59 Å². The molecule has 0 bridgehead atoms. The molecule has 0 amide bonds. The molecule has 6 rings (SSSR count). The van der Waals surface area contributed by atoms with Gasteiger partial charge in [0.25, 0.3) is 11.1 Å². The smallest absolute Gasteiger partial charge is 0.263 e. The van der Waals surface area contributed by atoms with Crippen LogP contribution in [0.5, 0.6) is 0 Å². The van der Waals surface area contributed by atoms with Gasteiger partial charge >= 0.3 is 0 Å². The maximum absolute atomic E-state index is 14.5. The average Bonchev–Trinajstić information content (AvgIpc) is 3.79. The van der Waals surface area contributed by atoms with Crippen molar-refractivity contribution >= 4 is 28.2 Å². The van der Waals surface area contributed by atoms with Crippen LogP contribution < -0.4 is 22.2 Å². The molecule has 0 saturated heterocycles. The fourth-order valence-corrected chi connectivity index (χ4v) is 5.29. The molecule has 9 nitrogen and oxygen atoms in total. The van der Waals surface area contributed by atoms with Crippen molar-refractivity contribution in [2.75, 3.05) is 11.1 Å². The van der Waals surface area contributed by atoms with Crippen molar-refractivity contribution in [2.24, 2.45) is 5.92 Å². The van der Waals surface area contributed by atoms with Gasteiger partial charge in [0, 0.05) is 35.9 Å². The van der Waals surface area contributed by atoms with E-state index in [-0.39, 0.29) is 22.8 Å². The highest BCUT2D eigenvalue weighted by atomic mass is 16.1. The van der Waals surface area contributed by atoms with Crippen LogP contribution in [-0.4, -0.2) is 19.1 Å². The van der Waals surface area contributed by atoms with Crippen LogP contribution in [0.15, 0.2) is 82.6 Å². The number of hydrogen-bond donors (Lipinski definition) is 2. The van der Waals surface area contributed by atoms with Crippen LogP contribution in [-0.2, 0) is 6.54 Å². The number of aromatic nitrogens is 4. The van der Waals surface area contributed by atoms with E-state index in [2.05, 4.69) is 20.1 Å². The van der Waals surface area contributed by atoms with Crippen molar-refractivity contribution in [1.82, 2.24) is 19.1 Å². The van der Waals surface area contributed by atoms with Gasteiger partial charge in [-0.2, -0.15) is 0 Å². The lowest BCUT2D eigenvalue weighted by Crippen LogP contribution is -2.26. The standard InChI is InChI=1S/C32H29N7O2/c1-19-14-23(18-38(30(19)40)17-21-12-13-21)25-11-7-8-22-15-27(20(2)36-29-26(34-3)16-35-32(33)37-29)39(31(41)28(22)25)24-9-5-4-6-10-24/h4-11,14-16,18,20-21H,12-13,17H2,1-2H3,(H3,33,35,36,37)/t20-/m0/s1. The van der Waals surface area contributed by atoms with Gasteiger partial charge in [0.1, 0.15) is 5.82 Å². The zero-order valence-electron chi connectivity index (χ0n) is 22.8. The summed E-state index contributed by atoms with van der Waals surface area (Å²) in [5.41, 5.74) is 9.53. The van der Waals surface area contributed by atoms with E-state index in [1.54, 1.807) is 9.13 Å². The number of nitrogens with two attached hydrogens (primary N) is 1. The summed E-state index contributed by atoms with van der Waals surface area (Å²) < 4.78 is 3.48. The second kappa shape index (κ2) is 10.4. The Labute approximate surface area is 236 Å². The fourth-order valence-electron chi connectivity index (χ4n) is 5.29. The molecule has 1 saturated carbocycles. The van der Waals surface area contributed by atoms with Gasteiger partial charge in [-0.1, -0.05) is 36.4 Å². The maximum atomic E-state index is 14.5. The first-order valence-corrected chi connectivity index (χ1v) is 13.6. The second-order valence-electron chi connectivity index (χ2n) is 10.6. The molecule has 1 fully saturated rings. The van der Waals surface area contributed by atoms with Crippen molar-refractivity contribution in [1.29, 1.82) is 0 Å². The normalized spacial score (nSPS) is 13.6. The van der Waals surface area contributed by atoms with Crippen LogP contribution in [0.1, 0.15) is 37.1 Å². The molecule has 3 heterocycles. The van der Waals surface area contributed by atoms with E-state index >= 15 is 0 Å². The van der Waals surface area contributed by atoms with Gasteiger partial charge in [-0.15, -0.1) is 0 Å². The Balaban J connectivity index is 1.56. The van der Waals surface area contributed by atoms with Gasteiger partial charge in [0.2, 0.25) is 11.6 Å². The molecule has 0 radical (unpaired) electrons. The largest absolute Gasteiger partial charge is 0.371 e. The minimum Gasteiger partial charge on any atom is -0.371 e. The van der Waals surface area contributed by atoms with E-state index < -0.39 is 6.04 Å². The predicted molar refractivity (Wildman–Crippen MR) is 161 cm³/mol. The topological polar surface area (TPSA) is 112 Å². The Morgan fingerprint density at radius 2 is 1.88 bits per heavy atom. The third-order valence-electron chi connectivity index (χ3n) is 7.52. The summed E-state index contributed by atoms with van der Waals surface area (Å²) in [6.07, 6.45) is 5.55. The molecule has 3 N–H and O–H groups in total. The van der Waals surface area contributed by atoms with E-state index in [1.165, 1.54) is 6.20 Å². The third kappa shape index (κ3) is 4.96. The van der Waals surface area contributed by atoms with Gasteiger partial charge in [0.15, 0.2) is 0 Å². The molecular weight excluding hydrogens is 514 g/mol. The summed E-state index contributed by atoms with van der Waals surface area (Å²) in [7, 11) is 0. The molecule has 1 aliphatic rings. The van der Waals surface area contributed by atoms with Crippen LogP contribution in [0.4, 0.5) is 17.5 Å². The lowest BCUT2D eigenvalue weighted by Gasteiger charge is -2.22. The summed E-state index contributed by atoms with van der Waals surface area (Å²) >= 11 is 0. The lowest BCUT2D eigenvalue weighted by atomic mass is 9.98. The minimum atomic E-state index is -0.423. The van der Waals surface area contributed by atoms with Gasteiger partial charge in [0.05, 0.1) is 18.0 Å². The van der Waals surface area contributed by atoms with Crippen LogP contribution in [0.25, 0.3) is 32.4 Å². The van der Waals surface area contributed by atoms with Crippen molar-refractivity contribution < 1.29 is 0 Å². The van der Waals surface area contributed by atoms with Gasteiger partial charge in [-0.05, 0) is 73.4 Å². The highest BCUT2D eigenvalue weighted by molar-refractivity contribution is 5.96. The van der Waals surface area contributed by atoms with Crippen molar-refractivity contribution in [3.05, 3.63) is 116 Å². The first-order chi connectivity index (χ1) is 19.8. The van der Waals surface area contributed by atoms with Crippen LogP contribution in [0, 0.1) is 19.4 Å². The number of pyridine rings is 2. The average molecular weight is 544 g/mol. The number of benzene rings is 2. The number of rotatable bonds is 7. The molecule has 204 valence electrons. The molecule has 1 aliphatic carbocycles. The third-order valence-corrected chi connectivity index (χ3v) is 7.52. The Morgan fingerprint density at radius 1 is 1.10 bits per heavy atom. The second-order valence-corrected chi connectivity index (χ2v) is 10.6. The number of anilines is 2. The number of fused-ring (bicyclic) bond motifs is 1. The molecule has 0 unspecified atom stereocenters. The van der Waals surface area contributed by atoms with Crippen LogP contribution >= 0.6 is 0 Å². The van der Waals surface area contributed by atoms with Crippen LogP contribution in [0.2, 0.25) is 0 Å². The SMILES string of the molecule is [C-]#[N+]c1cnc(N)nc1N[C@@H](C)c1cc2cccc(-c3cc(C)c(=O)n(CC4CC4)c3)c2c(=O)n1-c1ccccc1. The zero-order chi connectivity index (χ0) is 28.7. The number of aryl methyl sites for hydroxylation is 1. The van der Waals surface area contributed by atoms with E-state index in [1.807, 2.05) is 80.7 Å². The number of nitrogen functional groups attached to an aromatic ring is 1. The van der Waals surface area contributed by atoms with Gasteiger partial charge in [-0.25, -0.2) is 14.8 Å². The molecular formula is C32H29N7O2. The van der Waals surface area contributed by atoms with Crippen molar-refractivity contribution in [2.45, 2.75) is 39.3 Å². The molecule has 0 aliphatic heterocycles. The highest BCUT2D eigenvalue weighted by Crippen LogP contribution is 2.33. The summed E-state index contributed by atoms with van der Waals surface area (Å²) in [6.45, 7) is 11.9. The summed E-state index contributed by atoms with van der Waals surface area (Å²) in [5, 5.41) is 4.61. The quantitative estimate of drug-likeness (QED) is 0.257. The number of para-hydroxylation sites is 1. The number of nitrogens with one attached hydrogen (secondary N) is 1. The molecule has 5 aromatic rings. The Morgan fingerprint density at radius 3 is 2.61 bits per heavy atom. The summed E-state index contributed by atoms with van der Waals surface area (Å²) in [6, 6.07) is 18.7. The lowest BCUT2D eigenvalue weighted by molar-refractivity contribution is 0.605. The van der Waals surface area contributed by atoms with E-state index in [4.69, 9.17) is 12.3 Å². The highest BCUT2D eigenvalue weighted by Gasteiger charge is 2.24. The predicted octanol–water partition coefficient (Wildman–Crippen LogP) is 5.63. The molecule has 1 atom stereocenters. The van der Waals surface area contributed by atoms with Crippen molar-refractivity contribution in [3.8, 4) is 16.8 Å². The van der Waals surface area contributed by atoms with Crippen molar-refractivity contribution in [3.63, 3.8) is 0 Å². The first kappa shape index (κ1) is 26.0. The Kier molecular flexibility index (Phi) is 6.59. The first-order valence-electron chi connectivity index (χ1n) is 13.6. The Hall–Kier alpha value is -5.23. The number of hydrogen-bond acceptors (Lipinski definition) is 6. The fraction of sp³-hybridized carbons (Fsp3) is 0.219. The number of nitrogens with zero attached hydrogens (tertiary/aromatic N) is 5. The summed E-state index contributed by atoms with van der Waals surface area (Å²) in [4.78, 5) is 39.0. The van der Waals surface area contributed by atoms with E-state index in [0.717, 1.165) is 29.4 Å². The summed E-state index contributed by atoms with van der Waals surface area (Å²) in [5.74, 6) is 0.888. The monoisotopic (exact) mass is 543 g/mol. The zero-order valence-corrected chi connectivity index (χ0v) is 22.8. The Bertz CT molecular complexity index is 1950. The van der Waals surface area contributed by atoms with Gasteiger partial charge < -0.3 is 15.6 Å². The molecule has 2 aromatic carbocycles. The van der Waals surface area contributed by atoms with E-state index in [0.29, 0.717) is 40.6 Å². The van der Waals surface area contributed by atoms with Gasteiger partial charge in [-0.3, -0.25) is 14.2 Å². The molecule has 3 aromatic heterocycles. The molecule has 0 spiro atoms.